The first-order valence-corrected chi connectivity index (χ1v) is 12.9. The highest BCUT2D eigenvalue weighted by atomic mass is 32.2. The molecule has 3 aliphatic rings. The molecule has 1 N–H and O–H groups in total. The normalized spacial score (nSPS) is 13.3. The van der Waals surface area contributed by atoms with Gasteiger partial charge in [0.2, 0.25) is 5.91 Å². The van der Waals surface area contributed by atoms with Crippen LogP contribution in [0.5, 0.6) is 5.75 Å². The number of anilines is 1. The van der Waals surface area contributed by atoms with Gasteiger partial charge in [-0.2, -0.15) is 4.68 Å². The second-order valence-electron chi connectivity index (χ2n) is 8.35. The molecule has 0 radical (unpaired) electrons. The summed E-state index contributed by atoms with van der Waals surface area (Å²) in [4.78, 5) is 30.7. The third kappa shape index (κ3) is 4.95. The summed E-state index contributed by atoms with van der Waals surface area (Å²) < 4.78 is 8.99. The molecule has 0 spiro atoms. The molecule has 0 saturated heterocycles. The van der Waals surface area contributed by atoms with Crippen molar-refractivity contribution >= 4 is 23.4 Å². The van der Waals surface area contributed by atoms with Gasteiger partial charge in [-0.25, -0.2) is 4.98 Å². The van der Waals surface area contributed by atoms with E-state index in [-0.39, 0.29) is 17.2 Å². The minimum atomic E-state index is -0.144. The van der Waals surface area contributed by atoms with Gasteiger partial charge in [-0.15, -0.1) is 5.10 Å². The molecule has 0 aromatic heterocycles. The van der Waals surface area contributed by atoms with Gasteiger partial charge in [-0.3, -0.25) is 9.59 Å². The Labute approximate surface area is 207 Å². The molecule has 180 valence electrons. The number of ether oxygens (including phenoxy) is 1. The van der Waals surface area contributed by atoms with Gasteiger partial charge in [-0.05, 0) is 62.6 Å². The van der Waals surface area contributed by atoms with Crippen LogP contribution in [-0.2, 0) is 17.8 Å². The summed E-state index contributed by atoms with van der Waals surface area (Å²) >= 11 is 1.37. The number of rotatable bonds is 7. The van der Waals surface area contributed by atoms with Crippen LogP contribution in [0, 0.1) is 0 Å². The minimum Gasteiger partial charge on any atom is -0.494 e. The number of hydrogen-bond donors (Lipinski definition) is 1. The van der Waals surface area contributed by atoms with Crippen LogP contribution in [0.1, 0.15) is 31.9 Å². The first kappa shape index (κ1) is 23.2. The number of nitrogens with one attached hydrogen (secondary N) is 1. The molecule has 0 fully saturated rings. The SMILES string of the molecule is CCOc1ccc(NC(=O)CSc2nc3nn(-c4ccccc4)c(=O)c-3c3n2CCCCC3)cc1. The van der Waals surface area contributed by atoms with Gasteiger partial charge in [0, 0.05) is 17.9 Å². The zero-order valence-corrected chi connectivity index (χ0v) is 20.4. The van der Waals surface area contributed by atoms with Gasteiger partial charge < -0.3 is 14.6 Å². The molecular formula is C26H27N5O3S. The molecule has 2 aromatic carbocycles. The maximum atomic E-state index is 13.3. The molecule has 8 nitrogen and oxygen atoms in total. The highest BCUT2D eigenvalue weighted by Crippen LogP contribution is 2.30. The lowest BCUT2D eigenvalue weighted by Gasteiger charge is -2.17. The predicted molar refractivity (Wildman–Crippen MR) is 137 cm³/mol. The number of nitrogens with zero attached hydrogens (tertiary/aromatic N) is 4. The Morgan fingerprint density at radius 3 is 2.66 bits per heavy atom. The second kappa shape index (κ2) is 10.4. The van der Waals surface area contributed by atoms with Crippen molar-refractivity contribution in [1.29, 1.82) is 0 Å². The van der Waals surface area contributed by atoms with E-state index in [1.54, 1.807) is 0 Å². The highest BCUT2D eigenvalue weighted by molar-refractivity contribution is 7.99. The Bertz CT molecular complexity index is 1350. The van der Waals surface area contributed by atoms with Crippen molar-refractivity contribution in [3.05, 3.63) is 70.6 Å². The third-order valence-electron chi connectivity index (χ3n) is 5.95. The van der Waals surface area contributed by atoms with Crippen LogP contribution < -0.4 is 15.6 Å². The fourth-order valence-electron chi connectivity index (χ4n) is 4.34. The fourth-order valence-corrected chi connectivity index (χ4v) is 5.18. The first-order valence-electron chi connectivity index (χ1n) is 11.9. The van der Waals surface area contributed by atoms with Gasteiger partial charge >= 0.3 is 0 Å². The smallest absolute Gasteiger partial charge is 0.284 e. The summed E-state index contributed by atoms with van der Waals surface area (Å²) in [5.41, 5.74) is 2.83. The highest BCUT2D eigenvalue weighted by Gasteiger charge is 2.27. The molecule has 0 unspecified atom stereocenters. The Morgan fingerprint density at radius 1 is 1.09 bits per heavy atom. The van der Waals surface area contributed by atoms with E-state index in [1.165, 1.54) is 16.4 Å². The maximum Gasteiger partial charge on any atom is 0.284 e. The average Bonchev–Trinajstić information content (AvgIpc) is 3.04. The largest absolute Gasteiger partial charge is 0.494 e. The van der Waals surface area contributed by atoms with Crippen LogP contribution in [0.15, 0.2) is 64.5 Å². The summed E-state index contributed by atoms with van der Waals surface area (Å²) in [6.07, 6.45) is 3.91. The molecule has 0 bridgehead atoms. The number of carbonyl (C=O) groups excluding carboxylic acids is 1. The van der Waals surface area contributed by atoms with E-state index in [0.29, 0.717) is 34.5 Å². The van der Waals surface area contributed by atoms with Crippen molar-refractivity contribution in [2.75, 3.05) is 17.7 Å². The van der Waals surface area contributed by atoms with E-state index in [4.69, 9.17) is 9.72 Å². The number of fused-ring (bicyclic) bond motifs is 3. The molecule has 0 saturated carbocycles. The Morgan fingerprint density at radius 2 is 1.89 bits per heavy atom. The molecule has 9 heteroatoms. The van der Waals surface area contributed by atoms with Crippen molar-refractivity contribution in [3.63, 3.8) is 0 Å². The van der Waals surface area contributed by atoms with Gasteiger partial charge in [-0.1, -0.05) is 36.4 Å². The van der Waals surface area contributed by atoms with Crippen LogP contribution in [0.2, 0.25) is 0 Å². The fraction of sp³-hybridized carbons (Fsp3) is 0.308. The monoisotopic (exact) mass is 489 g/mol. The number of para-hydroxylation sites is 1. The molecule has 0 atom stereocenters. The minimum absolute atomic E-state index is 0.122. The number of aromatic nitrogens is 4. The molecule has 5 rings (SSSR count). The predicted octanol–water partition coefficient (Wildman–Crippen LogP) is 4.39. The summed E-state index contributed by atoms with van der Waals surface area (Å²) in [7, 11) is 0. The van der Waals surface area contributed by atoms with E-state index in [0.717, 1.165) is 43.7 Å². The van der Waals surface area contributed by atoms with Gasteiger partial charge in [0.15, 0.2) is 11.0 Å². The van der Waals surface area contributed by atoms with E-state index in [9.17, 15) is 9.59 Å². The molecule has 35 heavy (non-hydrogen) atoms. The quantitative estimate of drug-likeness (QED) is 0.306. The lowest BCUT2D eigenvalue weighted by atomic mass is 10.1. The van der Waals surface area contributed by atoms with Crippen molar-refractivity contribution in [3.8, 4) is 22.8 Å². The summed E-state index contributed by atoms with van der Waals surface area (Å²) in [6.45, 7) is 3.30. The van der Waals surface area contributed by atoms with E-state index < -0.39 is 0 Å². The zero-order chi connectivity index (χ0) is 24.2. The zero-order valence-electron chi connectivity index (χ0n) is 19.6. The molecule has 2 aromatic rings. The number of thioether (sulfide) groups is 1. The summed E-state index contributed by atoms with van der Waals surface area (Å²) in [5, 5.41) is 8.19. The lowest BCUT2D eigenvalue weighted by Crippen LogP contribution is -2.20. The van der Waals surface area contributed by atoms with Crippen molar-refractivity contribution in [1.82, 2.24) is 19.3 Å². The molecule has 3 aliphatic heterocycles. The molecule has 0 aliphatic carbocycles. The number of amides is 1. The van der Waals surface area contributed by atoms with Crippen LogP contribution in [0.25, 0.3) is 17.1 Å². The Balaban J connectivity index is 1.41. The number of hydrogen-bond acceptors (Lipinski definition) is 6. The van der Waals surface area contributed by atoms with Crippen molar-refractivity contribution in [2.45, 2.75) is 44.3 Å². The van der Waals surface area contributed by atoms with Crippen LogP contribution >= 0.6 is 11.8 Å². The van der Waals surface area contributed by atoms with E-state index >= 15 is 0 Å². The third-order valence-corrected chi connectivity index (χ3v) is 6.93. The van der Waals surface area contributed by atoms with Gasteiger partial charge in [0.05, 0.1) is 18.0 Å². The Kier molecular flexibility index (Phi) is 6.85. The van der Waals surface area contributed by atoms with Crippen LogP contribution in [-0.4, -0.2) is 37.6 Å². The number of carbonyl (C=O) groups is 1. The van der Waals surface area contributed by atoms with Crippen LogP contribution in [0.4, 0.5) is 5.69 Å². The lowest BCUT2D eigenvalue weighted by molar-refractivity contribution is -0.113. The van der Waals surface area contributed by atoms with E-state index in [1.807, 2.05) is 61.5 Å². The summed E-state index contributed by atoms with van der Waals surface area (Å²) in [5.74, 6) is 1.28. The van der Waals surface area contributed by atoms with Crippen LogP contribution in [0.3, 0.4) is 0 Å². The van der Waals surface area contributed by atoms with Gasteiger partial charge in [0.25, 0.3) is 5.56 Å². The average molecular weight is 490 g/mol. The second-order valence-corrected chi connectivity index (χ2v) is 9.29. The summed E-state index contributed by atoms with van der Waals surface area (Å²) in [6, 6.07) is 16.7. The first-order chi connectivity index (χ1) is 17.1. The molecule has 3 heterocycles. The molecular weight excluding hydrogens is 462 g/mol. The molecule has 1 amide bonds. The Hall–Kier alpha value is -3.59. The maximum absolute atomic E-state index is 13.3. The topological polar surface area (TPSA) is 91.0 Å². The van der Waals surface area contributed by atoms with E-state index in [2.05, 4.69) is 15.0 Å². The van der Waals surface area contributed by atoms with Gasteiger partial charge in [0.1, 0.15) is 11.3 Å². The number of benzene rings is 2. The van der Waals surface area contributed by atoms with Crippen molar-refractivity contribution < 1.29 is 9.53 Å². The van der Waals surface area contributed by atoms with Crippen molar-refractivity contribution in [2.24, 2.45) is 0 Å². The standard InChI is InChI=1S/C26H27N5O3S/c1-2-34-20-14-12-18(13-15-20)27-22(32)17-35-26-28-24-23(21-11-7-4-8-16-30(21)26)25(33)31(29-24)19-9-5-3-6-10-19/h3,5-6,9-10,12-15H,2,4,7-8,11,16-17H2,1H3,(H,27,32).